The molecule has 0 aromatic carbocycles. The van der Waals surface area contributed by atoms with E-state index in [1.54, 1.807) is 0 Å². The molecule has 44 valence electrons. The third kappa shape index (κ3) is 1.30. The summed E-state index contributed by atoms with van der Waals surface area (Å²) in [5, 5.41) is 0.879. The van der Waals surface area contributed by atoms with E-state index >= 15 is 0 Å². The average Bonchev–Trinajstić information content (AvgIpc) is 2.14. The highest BCUT2D eigenvalue weighted by molar-refractivity contribution is 9.11. The molecule has 0 aliphatic heterocycles. The zero-order valence-corrected chi connectivity index (χ0v) is 7.88. The van der Waals surface area contributed by atoms with E-state index in [9.17, 15) is 0 Å². The van der Waals surface area contributed by atoms with Crippen molar-refractivity contribution >= 4 is 43.4 Å². The summed E-state index contributed by atoms with van der Waals surface area (Å²) in [4.78, 5) is 0. The highest BCUT2D eigenvalue weighted by Crippen LogP contribution is 2.22. The second-order valence-corrected chi connectivity index (χ2v) is 3.94. The zero-order valence-electron chi connectivity index (χ0n) is 3.90. The highest BCUT2D eigenvalue weighted by atomic mass is 79.9. The van der Waals surface area contributed by atoms with Crippen LogP contribution in [0.3, 0.4) is 0 Å². The molecule has 4 heteroatoms. The number of hydrogen-bond acceptors (Lipinski definition) is 2. The standard InChI is InChI=1S/C4H3Br2NS/c5-1-3-2-7-8-4(3)6/h2H,1H2. The molecule has 0 aliphatic rings. The first-order chi connectivity index (χ1) is 3.84. The van der Waals surface area contributed by atoms with Crippen molar-refractivity contribution in [2.45, 2.75) is 5.33 Å². The second-order valence-electron chi connectivity index (χ2n) is 1.26. The van der Waals surface area contributed by atoms with Gasteiger partial charge in [-0.05, 0) is 27.5 Å². The van der Waals surface area contributed by atoms with Gasteiger partial charge in [-0.3, -0.25) is 0 Å². The van der Waals surface area contributed by atoms with Crippen molar-refractivity contribution in [3.05, 3.63) is 15.5 Å². The maximum Gasteiger partial charge on any atom is 0.0945 e. The molecule has 0 bridgehead atoms. The minimum Gasteiger partial charge on any atom is -0.200 e. The normalized spacial score (nSPS) is 9.75. The van der Waals surface area contributed by atoms with Crippen LogP contribution in [0.5, 0.6) is 0 Å². The van der Waals surface area contributed by atoms with Gasteiger partial charge in [0, 0.05) is 17.1 Å². The molecule has 1 aromatic heterocycles. The van der Waals surface area contributed by atoms with Gasteiger partial charge in [0.2, 0.25) is 0 Å². The van der Waals surface area contributed by atoms with Crippen LogP contribution in [-0.4, -0.2) is 4.37 Å². The van der Waals surface area contributed by atoms with E-state index in [4.69, 9.17) is 0 Å². The van der Waals surface area contributed by atoms with E-state index in [-0.39, 0.29) is 0 Å². The van der Waals surface area contributed by atoms with E-state index in [1.807, 2.05) is 6.20 Å². The highest BCUT2D eigenvalue weighted by Gasteiger charge is 1.97. The van der Waals surface area contributed by atoms with Crippen molar-refractivity contribution in [1.82, 2.24) is 4.37 Å². The lowest BCUT2D eigenvalue weighted by molar-refractivity contribution is 1.41. The van der Waals surface area contributed by atoms with Gasteiger partial charge in [-0.25, -0.2) is 0 Å². The van der Waals surface area contributed by atoms with Crippen LogP contribution in [0.4, 0.5) is 0 Å². The fraction of sp³-hybridized carbons (Fsp3) is 0.250. The van der Waals surface area contributed by atoms with Crippen molar-refractivity contribution in [2.75, 3.05) is 0 Å². The summed E-state index contributed by atoms with van der Waals surface area (Å²) in [6.45, 7) is 0. The van der Waals surface area contributed by atoms with Crippen LogP contribution >= 0.6 is 43.4 Å². The quantitative estimate of drug-likeness (QED) is 0.705. The van der Waals surface area contributed by atoms with Crippen molar-refractivity contribution < 1.29 is 0 Å². The molecule has 0 N–H and O–H groups in total. The number of hydrogen-bond donors (Lipinski definition) is 0. The van der Waals surface area contributed by atoms with Gasteiger partial charge in [0.25, 0.3) is 0 Å². The first kappa shape index (κ1) is 6.71. The van der Waals surface area contributed by atoms with Gasteiger partial charge in [0.1, 0.15) is 0 Å². The fourth-order valence-corrected chi connectivity index (χ4v) is 2.33. The van der Waals surface area contributed by atoms with Crippen LogP contribution in [0.15, 0.2) is 9.98 Å². The first-order valence-electron chi connectivity index (χ1n) is 1.99. The molecule has 1 nitrogen and oxygen atoms in total. The molecule has 0 saturated carbocycles. The largest absolute Gasteiger partial charge is 0.200 e. The SMILES string of the molecule is BrCc1cnsc1Br. The third-order valence-corrected chi connectivity index (χ3v) is 2.92. The molecular formula is C4H3Br2NS. The summed E-state index contributed by atoms with van der Waals surface area (Å²) in [5.41, 5.74) is 1.22. The molecule has 1 heterocycles. The third-order valence-electron chi connectivity index (χ3n) is 0.738. The van der Waals surface area contributed by atoms with Crippen LogP contribution in [0, 0.1) is 0 Å². The Morgan fingerprint density at radius 1 is 1.75 bits per heavy atom. The smallest absolute Gasteiger partial charge is 0.0945 e. The summed E-state index contributed by atoms with van der Waals surface area (Å²) in [6, 6.07) is 0. The Bertz CT molecular complexity index is 174. The van der Waals surface area contributed by atoms with Crippen LogP contribution in [0.2, 0.25) is 0 Å². The van der Waals surface area contributed by atoms with Crippen LogP contribution in [0.1, 0.15) is 5.56 Å². The lowest BCUT2D eigenvalue weighted by Crippen LogP contribution is -1.66. The van der Waals surface area contributed by atoms with Gasteiger partial charge in [0.15, 0.2) is 0 Å². The molecule has 0 fully saturated rings. The molecule has 0 spiro atoms. The topological polar surface area (TPSA) is 12.9 Å². The van der Waals surface area contributed by atoms with Crippen LogP contribution < -0.4 is 0 Å². The maximum atomic E-state index is 3.96. The van der Waals surface area contributed by atoms with E-state index in [1.165, 1.54) is 17.1 Å². The van der Waals surface area contributed by atoms with Crippen molar-refractivity contribution in [1.29, 1.82) is 0 Å². The number of rotatable bonds is 1. The summed E-state index contributed by atoms with van der Waals surface area (Å²) >= 11 is 8.14. The molecular weight excluding hydrogens is 254 g/mol. The van der Waals surface area contributed by atoms with Gasteiger partial charge in [-0.1, -0.05) is 15.9 Å². The van der Waals surface area contributed by atoms with Crippen molar-refractivity contribution in [3.8, 4) is 0 Å². The van der Waals surface area contributed by atoms with E-state index in [0.29, 0.717) is 0 Å². The van der Waals surface area contributed by atoms with Gasteiger partial charge in [0.05, 0.1) is 3.79 Å². The molecule has 0 unspecified atom stereocenters. The predicted octanol–water partition coefficient (Wildman–Crippen LogP) is 2.80. The van der Waals surface area contributed by atoms with Crippen LogP contribution in [-0.2, 0) is 5.33 Å². The average molecular weight is 257 g/mol. The lowest BCUT2D eigenvalue weighted by Gasteiger charge is -1.82. The Morgan fingerprint density at radius 3 is 2.75 bits per heavy atom. The van der Waals surface area contributed by atoms with E-state index in [0.717, 1.165) is 9.12 Å². The van der Waals surface area contributed by atoms with Gasteiger partial charge in [-0.15, -0.1) is 0 Å². The van der Waals surface area contributed by atoms with Crippen molar-refractivity contribution in [2.24, 2.45) is 0 Å². The minimum absolute atomic E-state index is 0.879. The monoisotopic (exact) mass is 255 g/mol. The van der Waals surface area contributed by atoms with Gasteiger partial charge >= 0.3 is 0 Å². The van der Waals surface area contributed by atoms with E-state index < -0.39 is 0 Å². The van der Waals surface area contributed by atoms with Crippen LogP contribution in [0.25, 0.3) is 0 Å². The lowest BCUT2D eigenvalue weighted by atomic mass is 10.4. The number of alkyl halides is 1. The molecule has 0 amide bonds. The molecule has 1 rings (SSSR count). The number of nitrogens with zero attached hydrogens (tertiary/aromatic N) is 1. The van der Waals surface area contributed by atoms with E-state index in [2.05, 4.69) is 36.2 Å². The molecule has 0 aliphatic carbocycles. The summed E-state index contributed by atoms with van der Waals surface area (Å²) in [7, 11) is 0. The summed E-state index contributed by atoms with van der Waals surface area (Å²) in [5.74, 6) is 0. The van der Waals surface area contributed by atoms with Gasteiger partial charge in [-0.2, -0.15) is 4.37 Å². The molecule has 0 atom stereocenters. The Balaban J connectivity index is 2.92. The Kier molecular flexibility index (Phi) is 2.46. The first-order valence-corrected chi connectivity index (χ1v) is 4.68. The van der Waals surface area contributed by atoms with Gasteiger partial charge < -0.3 is 0 Å². The maximum absolute atomic E-state index is 3.96. The summed E-state index contributed by atoms with van der Waals surface area (Å²) in [6.07, 6.45) is 1.85. The number of halogens is 2. The molecule has 0 saturated heterocycles. The Hall–Kier alpha value is 0.590. The fourth-order valence-electron chi connectivity index (χ4n) is 0.333. The Labute approximate surface area is 68.5 Å². The molecule has 0 radical (unpaired) electrons. The number of aromatic nitrogens is 1. The molecule has 1 aromatic rings. The van der Waals surface area contributed by atoms with Crippen molar-refractivity contribution in [3.63, 3.8) is 0 Å². The predicted molar refractivity (Wildman–Crippen MR) is 42.4 cm³/mol. The second kappa shape index (κ2) is 2.94. The summed E-state index contributed by atoms with van der Waals surface area (Å²) < 4.78 is 5.08. The Morgan fingerprint density at radius 2 is 2.50 bits per heavy atom. The minimum atomic E-state index is 0.879. The zero-order chi connectivity index (χ0) is 5.98. The molecule has 8 heavy (non-hydrogen) atoms.